The zero-order valence-corrected chi connectivity index (χ0v) is 23.2. The lowest BCUT2D eigenvalue weighted by Crippen LogP contribution is -2.38. The number of amides is 1. The lowest BCUT2D eigenvalue weighted by Gasteiger charge is -2.34. The fourth-order valence-corrected chi connectivity index (χ4v) is 6.65. The number of anilines is 1. The van der Waals surface area contributed by atoms with Crippen LogP contribution in [0.2, 0.25) is 10.0 Å². The van der Waals surface area contributed by atoms with Gasteiger partial charge >= 0.3 is 0 Å². The fraction of sp³-hybridized carbons (Fsp3) is 0.429. The van der Waals surface area contributed by atoms with Gasteiger partial charge in [0, 0.05) is 33.4 Å². The number of nitrogens with one attached hydrogen (secondary N) is 1. The van der Waals surface area contributed by atoms with Crippen LogP contribution >= 0.6 is 34.5 Å². The van der Waals surface area contributed by atoms with Crippen molar-refractivity contribution in [3.8, 4) is 6.07 Å². The summed E-state index contributed by atoms with van der Waals surface area (Å²) in [7, 11) is 0. The van der Waals surface area contributed by atoms with Crippen molar-refractivity contribution in [2.24, 2.45) is 5.92 Å². The molecule has 1 N–H and O–H groups in total. The molecule has 1 aliphatic rings. The van der Waals surface area contributed by atoms with E-state index >= 15 is 0 Å². The Morgan fingerprint density at radius 2 is 2.03 bits per heavy atom. The maximum absolute atomic E-state index is 12.7. The van der Waals surface area contributed by atoms with Crippen molar-refractivity contribution in [1.29, 1.82) is 5.26 Å². The summed E-state index contributed by atoms with van der Waals surface area (Å²) >= 11 is 14.2. The lowest BCUT2D eigenvalue weighted by atomic mass is 9.90. The predicted molar refractivity (Wildman–Crippen MR) is 147 cm³/mol. The smallest absolute Gasteiger partial charge is 0.228 e. The van der Waals surface area contributed by atoms with Crippen LogP contribution in [0.5, 0.6) is 0 Å². The van der Waals surface area contributed by atoms with Crippen LogP contribution in [0.1, 0.15) is 66.2 Å². The Hall–Kier alpha value is -2.30. The molecule has 0 fully saturated rings. The first kappa shape index (κ1) is 26.8. The van der Waals surface area contributed by atoms with E-state index < -0.39 is 0 Å². The molecule has 0 bridgehead atoms. The highest BCUT2D eigenvalue weighted by molar-refractivity contribution is 7.16. The van der Waals surface area contributed by atoms with Crippen LogP contribution in [-0.2, 0) is 30.7 Å². The van der Waals surface area contributed by atoms with Gasteiger partial charge in [0.2, 0.25) is 5.91 Å². The van der Waals surface area contributed by atoms with E-state index in [2.05, 4.69) is 16.3 Å². The Labute approximate surface area is 227 Å². The molecule has 1 atom stereocenters. The monoisotopic (exact) mass is 543 g/mol. The van der Waals surface area contributed by atoms with Gasteiger partial charge in [-0.3, -0.25) is 9.69 Å². The maximum Gasteiger partial charge on any atom is 0.228 e. The third-order valence-corrected chi connectivity index (χ3v) is 8.76. The normalized spacial score (nSPS) is 15.2. The van der Waals surface area contributed by atoms with Crippen LogP contribution in [0.4, 0.5) is 5.00 Å². The average Bonchev–Trinajstić information content (AvgIpc) is 3.42. The third-order valence-electron chi connectivity index (χ3n) is 7.00. The van der Waals surface area contributed by atoms with E-state index in [0.717, 1.165) is 54.8 Å². The quantitative estimate of drug-likeness (QED) is 0.299. The zero-order chi connectivity index (χ0) is 25.8. The summed E-state index contributed by atoms with van der Waals surface area (Å²) in [6.45, 7) is 7.30. The molecule has 36 heavy (non-hydrogen) atoms. The topological polar surface area (TPSA) is 69.3 Å². The molecule has 2 heterocycles. The van der Waals surface area contributed by atoms with Gasteiger partial charge in [0.25, 0.3) is 0 Å². The second kappa shape index (κ2) is 11.8. The minimum Gasteiger partial charge on any atom is -0.465 e. The number of hydrogen-bond acceptors (Lipinski definition) is 5. The second-order valence-corrected chi connectivity index (χ2v) is 11.3. The van der Waals surface area contributed by atoms with Crippen LogP contribution in [0.15, 0.2) is 34.7 Å². The first-order chi connectivity index (χ1) is 17.3. The molecule has 4 rings (SSSR count). The number of nitrogens with zero attached hydrogens (tertiary/aromatic N) is 2. The molecule has 1 amide bonds. The molecule has 5 nitrogen and oxygen atoms in total. The summed E-state index contributed by atoms with van der Waals surface area (Å²) in [4.78, 5) is 16.3. The molecule has 1 unspecified atom stereocenters. The number of rotatable bonds is 9. The number of benzene rings is 1. The molecule has 0 saturated heterocycles. The number of hydrogen-bond donors (Lipinski definition) is 1. The Morgan fingerprint density at radius 1 is 1.25 bits per heavy atom. The third kappa shape index (κ3) is 5.98. The Kier molecular flexibility index (Phi) is 8.79. The number of thiophene rings is 1. The van der Waals surface area contributed by atoms with E-state index in [0.29, 0.717) is 33.7 Å². The first-order valence-corrected chi connectivity index (χ1v) is 14.0. The molecule has 1 aliphatic carbocycles. The molecule has 2 aromatic heterocycles. The van der Waals surface area contributed by atoms with Crippen molar-refractivity contribution in [3.05, 3.63) is 73.5 Å². The number of nitriles is 1. The summed E-state index contributed by atoms with van der Waals surface area (Å²) < 4.78 is 5.91. The van der Waals surface area contributed by atoms with Crippen molar-refractivity contribution in [1.82, 2.24) is 4.90 Å². The van der Waals surface area contributed by atoms with Gasteiger partial charge in [0.1, 0.15) is 22.6 Å². The van der Waals surface area contributed by atoms with Gasteiger partial charge in [0.15, 0.2) is 0 Å². The molecule has 0 spiro atoms. The Balaban J connectivity index is 1.59. The summed E-state index contributed by atoms with van der Waals surface area (Å²) in [5.41, 5.74) is 2.72. The molecule has 3 aromatic rings. The van der Waals surface area contributed by atoms with E-state index in [-0.39, 0.29) is 17.9 Å². The fourth-order valence-electron chi connectivity index (χ4n) is 4.91. The van der Waals surface area contributed by atoms with E-state index in [1.54, 1.807) is 17.4 Å². The van der Waals surface area contributed by atoms with E-state index in [1.165, 1.54) is 4.88 Å². The number of halogens is 2. The van der Waals surface area contributed by atoms with Gasteiger partial charge < -0.3 is 9.73 Å². The minimum atomic E-state index is -0.0419. The molecular formula is C28H31Cl2N3O2S. The highest BCUT2D eigenvalue weighted by atomic mass is 35.5. The van der Waals surface area contributed by atoms with Gasteiger partial charge in [-0.25, -0.2) is 0 Å². The van der Waals surface area contributed by atoms with Crippen molar-refractivity contribution in [2.75, 3.05) is 5.32 Å². The van der Waals surface area contributed by atoms with Gasteiger partial charge in [-0.15, -0.1) is 11.3 Å². The van der Waals surface area contributed by atoms with Crippen LogP contribution in [0.25, 0.3) is 0 Å². The minimum absolute atomic E-state index is 0.00107. The highest BCUT2D eigenvalue weighted by Crippen LogP contribution is 2.40. The zero-order valence-electron chi connectivity index (χ0n) is 20.9. The van der Waals surface area contributed by atoms with Crippen LogP contribution in [-0.4, -0.2) is 16.8 Å². The molecule has 0 saturated carbocycles. The predicted octanol–water partition coefficient (Wildman–Crippen LogP) is 7.76. The molecular weight excluding hydrogens is 513 g/mol. The summed E-state index contributed by atoms with van der Waals surface area (Å²) in [6.07, 6.45) is 4.07. The maximum atomic E-state index is 12.7. The second-order valence-electron chi connectivity index (χ2n) is 9.37. The van der Waals surface area contributed by atoms with Gasteiger partial charge in [-0.1, -0.05) is 43.1 Å². The molecule has 0 aliphatic heterocycles. The lowest BCUT2D eigenvalue weighted by molar-refractivity contribution is -0.120. The van der Waals surface area contributed by atoms with Crippen molar-refractivity contribution < 1.29 is 9.21 Å². The molecule has 8 heteroatoms. The highest BCUT2D eigenvalue weighted by Gasteiger charge is 2.31. The summed E-state index contributed by atoms with van der Waals surface area (Å²) in [5.74, 6) is 1.75. The van der Waals surface area contributed by atoms with E-state index in [1.807, 2.05) is 45.0 Å². The number of carbonyl (C=O) groups excluding carboxylic acids is 1. The summed E-state index contributed by atoms with van der Waals surface area (Å²) in [5, 5.41) is 14.9. The average molecular weight is 545 g/mol. The Morgan fingerprint density at radius 3 is 2.67 bits per heavy atom. The van der Waals surface area contributed by atoms with Crippen LogP contribution in [0, 0.1) is 24.2 Å². The number of aryl methyl sites for hydroxylation is 1. The van der Waals surface area contributed by atoms with Gasteiger partial charge in [-0.05, 0) is 74.4 Å². The first-order valence-electron chi connectivity index (χ1n) is 12.4. The Bertz CT molecular complexity index is 1270. The molecule has 1 aromatic carbocycles. The number of furan rings is 1. The van der Waals surface area contributed by atoms with Crippen molar-refractivity contribution in [3.63, 3.8) is 0 Å². The SMILES string of the molecule is CCC(CC)C(=O)Nc1sc2c(c1C#N)CCC(N(Cc1ccc(C)o1)Cc1ccc(Cl)cc1Cl)C2. The number of carbonyl (C=O) groups is 1. The van der Waals surface area contributed by atoms with Gasteiger partial charge in [0.05, 0.1) is 12.1 Å². The van der Waals surface area contributed by atoms with Crippen molar-refractivity contribution >= 4 is 45.4 Å². The van der Waals surface area contributed by atoms with Crippen LogP contribution in [0.3, 0.4) is 0 Å². The van der Waals surface area contributed by atoms with Crippen LogP contribution < -0.4 is 5.32 Å². The number of fused-ring (bicyclic) bond motifs is 1. The van der Waals surface area contributed by atoms with E-state index in [9.17, 15) is 10.1 Å². The molecule has 190 valence electrons. The standard InChI is InChI=1S/C28H31Cl2N3O2S/c1-4-18(5-2)27(34)32-28-24(14-31)23-11-9-21(13-26(23)36-28)33(16-22-10-6-17(3)35-22)15-19-7-8-20(29)12-25(19)30/h6-8,10,12,18,21H,4-5,9,11,13,15-16H2,1-3H3,(H,32,34). The van der Waals surface area contributed by atoms with E-state index in [4.69, 9.17) is 27.6 Å². The van der Waals surface area contributed by atoms with Gasteiger partial charge in [-0.2, -0.15) is 5.26 Å². The van der Waals surface area contributed by atoms with Crippen molar-refractivity contribution in [2.45, 2.75) is 72.0 Å². The summed E-state index contributed by atoms with van der Waals surface area (Å²) in [6, 6.07) is 12.2. The largest absolute Gasteiger partial charge is 0.465 e. The molecule has 0 radical (unpaired) electrons.